The first-order chi connectivity index (χ1) is 9.77. The predicted molar refractivity (Wildman–Crippen MR) is 77.3 cm³/mol. The number of hydrogen-bond donors (Lipinski definition) is 0. The Morgan fingerprint density at radius 2 is 2.05 bits per heavy atom. The van der Waals surface area contributed by atoms with Crippen molar-refractivity contribution in [1.29, 1.82) is 0 Å². The SMILES string of the molecule is CO[C@@H]1COCC[C@]12C[C@H](N(C)C(=O)OC(C)(C)C)CO2. The van der Waals surface area contributed by atoms with Gasteiger partial charge in [-0.2, -0.15) is 0 Å². The van der Waals surface area contributed by atoms with Gasteiger partial charge in [0, 0.05) is 33.6 Å². The fourth-order valence-electron chi connectivity index (χ4n) is 2.94. The molecule has 0 aliphatic carbocycles. The van der Waals surface area contributed by atoms with E-state index < -0.39 is 5.60 Å². The molecular weight excluding hydrogens is 274 g/mol. The zero-order chi connectivity index (χ0) is 15.7. The molecule has 122 valence electrons. The summed E-state index contributed by atoms with van der Waals surface area (Å²) in [5.41, 5.74) is -0.829. The first kappa shape index (κ1) is 16.5. The number of methoxy groups -OCH3 is 1. The number of carbonyl (C=O) groups is 1. The van der Waals surface area contributed by atoms with Gasteiger partial charge < -0.3 is 23.8 Å². The summed E-state index contributed by atoms with van der Waals surface area (Å²) in [7, 11) is 3.44. The molecule has 0 aromatic rings. The second-order valence-corrected chi connectivity index (χ2v) is 6.87. The number of likely N-dealkylation sites (N-methyl/N-ethyl adjacent to an activating group) is 1. The van der Waals surface area contributed by atoms with E-state index in [2.05, 4.69) is 0 Å². The Kier molecular flexibility index (Phi) is 4.80. The van der Waals surface area contributed by atoms with E-state index in [9.17, 15) is 4.79 Å². The second-order valence-electron chi connectivity index (χ2n) is 6.87. The Balaban J connectivity index is 1.99. The third-order valence-electron chi connectivity index (χ3n) is 4.18. The molecule has 1 spiro atoms. The zero-order valence-electron chi connectivity index (χ0n) is 13.7. The minimum atomic E-state index is -0.490. The van der Waals surface area contributed by atoms with Gasteiger partial charge in [0.25, 0.3) is 0 Å². The molecule has 0 bridgehead atoms. The van der Waals surface area contributed by atoms with Crippen molar-refractivity contribution in [2.45, 2.75) is 57.0 Å². The fourth-order valence-corrected chi connectivity index (χ4v) is 2.94. The van der Waals surface area contributed by atoms with Gasteiger partial charge in [-0.05, 0) is 20.8 Å². The first-order valence-electron chi connectivity index (χ1n) is 7.48. The quantitative estimate of drug-likeness (QED) is 0.778. The average molecular weight is 301 g/mol. The van der Waals surface area contributed by atoms with E-state index in [-0.39, 0.29) is 23.8 Å². The number of ether oxygens (including phenoxy) is 4. The van der Waals surface area contributed by atoms with Crippen LogP contribution >= 0.6 is 0 Å². The van der Waals surface area contributed by atoms with Gasteiger partial charge in [0.05, 0.1) is 19.3 Å². The van der Waals surface area contributed by atoms with Gasteiger partial charge in [-0.25, -0.2) is 4.79 Å². The van der Waals surface area contributed by atoms with E-state index in [0.29, 0.717) is 19.8 Å². The Morgan fingerprint density at radius 3 is 2.67 bits per heavy atom. The molecule has 0 N–H and O–H groups in total. The molecule has 6 heteroatoms. The van der Waals surface area contributed by atoms with Gasteiger partial charge in [0.1, 0.15) is 17.3 Å². The lowest BCUT2D eigenvalue weighted by atomic mass is 9.87. The minimum Gasteiger partial charge on any atom is -0.444 e. The van der Waals surface area contributed by atoms with Crippen LogP contribution in [-0.4, -0.2) is 68.3 Å². The maximum absolute atomic E-state index is 12.2. The summed E-state index contributed by atoms with van der Waals surface area (Å²) in [6, 6.07) is 0.00981. The third-order valence-corrected chi connectivity index (χ3v) is 4.18. The van der Waals surface area contributed by atoms with Crippen molar-refractivity contribution < 1.29 is 23.7 Å². The molecule has 6 nitrogen and oxygen atoms in total. The maximum atomic E-state index is 12.2. The molecule has 0 radical (unpaired) electrons. The summed E-state index contributed by atoms with van der Waals surface area (Å²) < 4.78 is 22.4. The number of nitrogens with zero attached hydrogens (tertiary/aromatic N) is 1. The smallest absolute Gasteiger partial charge is 0.410 e. The van der Waals surface area contributed by atoms with E-state index in [0.717, 1.165) is 12.8 Å². The molecule has 0 unspecified atom stereocenters. The lowest BCUT2D eigenvalue weighted by molar-refractivity contribution is -0.170. The van der Waals surface area contributed by atoms with E-state index in [4.69, 9.17) is 18.9 Å². The van der Waals surface area contributed by atoms with Gasteiger partial charge in [-0.1, -0.05) is 0 Å². The van der Waals surface area contributed by atoms with Gasteiger partial charge in [-0.3, -0.25) is 0 Å². The number of amides is 1. The molecule has 2 heterocycles. The number of hydrogen-bond acceptors (Lipinski definition) is 5. The van der Waals surface area contributed by atoms with Crippen molar-refractivity contribution >= 4 is 6.09 Å². The molecule has 2 rings (SSSR count). The van der Waals surface area contributed by atoms with Crippen molar-refractivity contribution in [3.05, 3.63) is 0 Å². The summed E-state index contributed by atoms with van der Waals surface area (Å²) in [4.78, 5) is 13.8. The van der Waals surface area contributed by atoms with Crippen LogP contribution in [0.15, 0.2) is 0 Å². The van der Waals surface area contributed by atoms with Crippen LogP contribution in [0.2, 0.25) is 0 Å². The molecular formula is C15H27NO5. The van der Waals surface area contributed by atoms with Crippen LogP contribution in [0, 0.1) is 0 Å². The van der Waals surface area contributed by atoms with Crippen molar-refractivity contribution in [2.24, 2.45) is 0 Å². The predicted octanol–water partition coefficient (Wildman–Crippen LogP) is 1.82. The second kappa shape index (κ2) is 6.10. The maximum Gasteiger partial charge on any atom is 0.410 e. The highest BCUT2D eigenvalue weighted by Crippen LogP contribution is 2.38. The van der Waals surface area contributed by atoms with E-state index in [1.54, 1.807) is 19.1 Å². The van der Waals surface area contributed by atoms with E-state index in [1.807, 2.05) is 20.8 Å². The van der Waals surface area contributed by atoms with Crippen LogP contribution in [0.25, 0.3) is 0 Å². The summed E-state index contributed by atoms with van der Waals surface area (Å²) in [5, 5.41) is 0. The molecule has 3 atom stereocenters. The standard InChI is InChI=1S/C15H27NO5/c1-14(2,3)21-13(17)16(4)11-8-15(20-9-11)6-7-19-10-12(15)18-5/h11-12H,6-10H2,1-5H3/t11-,12+,15-/m0/s1. The van der Waals surface area contributed by atoms with Crippen LogP contribution in [0.1, 0.15) is 33.6 Å². The summed E-state index contributed by atoms with van der Waals surface area (Å²) in [5.74, 6) is 0. The van der Waals surface area contributed by atoms with Crippen molar-refractivity contribution in [1.82, 2.24) is 4.90 Å². The molecule has 1 amide bonds. The van der Waals surface area contributed by atoms with Crippen molar-refractivity contribution in [3.8, 4) is 0 Å². The molecule has 0 aromatic carbocycles. The Hall–Kier alpha value is -0.850. The largest absolute Gasteiger partial charge is 0.444 e. The highest BCUT2D eigenvalue weighted by Gasteiger charge is 2.50. The number of rotatable bonds is 2. The Bertz CT molecular complexity index is 381. The average Bonchev–Trinajstić information content (AvgIpc) is 2.81. The van der Waals surface area contributed by atoms with Crippen LogP contribution in [-0.2, 0) is 18.9 Å². The highest BCUT2D eigenvalue weighted by atomic mass is 16.6. The Morgan fingerprint density at radius 1 is 1.33 bits per heavy atom. The lowest BCUT2D eigenvalue weighted by Crippen LogP contribution is -2.51. The molecule has 2 aliphatic rings. The topological polar surface area (TPSA) is 57.2 Å². The van der Waals surface area contributed by atoms with Crippen LogP contribution in [0.3, 0.4) is 0 Å². The minimum absolute atomic E-state index is 0.00981. The summed E-state index contributed by atoms with van der Waals surface area (Å²) in [6.45, 7) is 7.32. The van der Waals surface area contributed by atoms with Crippen molar-refractivity contribution in [3.63, 3.8) is 0 Å². The molecule has 0 saturated carbocycles. The molecule has 2 fully saturated rings. The highest BCUT2D eigenvalue weighted by molar-refractivity contribution is 5.68. The molecule has 2 saturated heterocycles. The number of carbonyl (C=O) groups excluding carboxylic acids is 1. The van der Waals surface area contributed by atoms with Gasteiger partial charge in [-0.15, -0.1) is 0 Å². The zero-order valence-corrected chi connectivity index (χ0v) is 13.7. The van der Waals surface area contributed by atoms with Crippen molar-refractivity contribution in [2.75, 3.05) is 34.0 Å². The van der Waals surface area contributed by atoms with Crippen LogP contribution < -0.4 is 0 Å². The lowest BCUT2D eigenvalue weighted by Gasteiger charge is -2.39. The summed E-state index contributed by atoms with van der Waals surface area (Å²) in [6.07, 6.45) is 1.16. The summed E-state index contributed by atoms with van der Waals surface area (Å²) >= 11 is 0. The fraction of sp³-hybridized carbons (Fsp3) is 0.933. The monoisotopic (exact) mass is 301 g/mol. The third kappa shape index (κ3) is 3.67. The van der Waals surface area contributed by atoms with Crippen LogP contribution in [0.4, 0.5) is 4.79 Å². The molecule has 0 aromatic heterocycles. The first-order valence-corrected chi connectivity index (χ1v) is 7.48. The van der Waals surface area contributed by atoms with Gasteiger partial charge in [0.2, 0.25) is 0 Å². The van der Waals surface area contributed by atoms with Crippen LogP contribution in [0.5, 0.6) is 0 Å². The Labute approximate surface area is 126 Å². The van der Waals surface area contributed by atoms with E-state index >= 15 is 0 Å². The van der Waals surface area contributed by atoms with Gasteiger partial charge in [0.15, 0.2) is 0 Å². The van der Waals surface area contributed by atoms with Gasteiger partial charge >= 0.3 is 6.09 Å². The normalized spacial score (nSPS) is 33.2. The molecule has 2 aliphatic heterocycles. The van der Waals surface area contributed by atoms with E-state index in [1.165, 1.54) is 0 Å². The molecule has 21 heavy (non-hydrogen) atoms.